The molecule has 1 radical (unpaired) electrons. The molecule has 0 bridgehead atoms. The SMILES string of the molecule is O=S(=O)(O)O.[AlH3].[Co].[Ni]. The molecule has 0 atom stereocenters. The van der Waals surface area contributed by atoms with Crippen LogP contribution in [0.15, 0.2) is 0 Å². The molecule has 0 saturated heterocycles. The zero-order valence-electron chi connectivity index (χ0n) is 2.77. The Balaban J connectivity index is -0.0000000267. The zero-order chi connectivity index (χ0) is 4.50. The van der Waals surface area contributed by atoms with Crippen molar-refractivity contribution in [1.29, 1.82) is 0 Å². The predicted octanol–water partition coefficient (Wildman–Crippen LogP) is -1.84. The topological polar surface area (TPSA) is 74.6 Å². The van der Waals surface area contributed by atoms with Crippen LogP contribution in [0.3, 0.4) is 0 Å². The van der Waals surface area contributed by atoms with Crippen LogP contribution in [-0.2, 0) is 43.7 Å². The Hall–Kier alpha value is 1.40. The van der Waals surface area contributed by atoms with Gasteiger partial charge in [-0.1, -0.05) is 0 Å². The molecular weight excluding hydrogens is 241 g/mol. The summed E-state index contributed by atoms with van der Waals surface area (Å²) in [5, 5.41) is 0. The first-order valence-electron chi connectivity index (χ1n) is 0.698. The second-order valence-electron chi connectivity index (χ2n) is 0.448. The smallest absolute Gasteiger partial charge is 0.264 e. The quantitative estimate of drug-likeness (QED) is 0.389. The third-order valence-electron chi connectivity index (χ3n) is 0. The predicted molar refractivity (Wildman–Crippen MR) is 24.1 cm³/mol. The Bertz CT molecular complexity index is 99.2. The first-order chi connectivity index (χ1) is 2.00. The van der Waals surface area contributed by atoms with Gasteiger partial charge in [-0.2, -0.15) is 8.42 Å². The van der Waals surface area contributed by atoms with Gasteiger partial charge in [-0.15, -0.1) is 0 Å². The van der Waals surface area contributed by atoms with E-state index in [0.29, 0.717) is 0 Å². The van der Waals surface area contributed by atoms with Crippen molar-refractivity contribution in [3.05, 3.63) is 0 Å². The summed E-state index contributed by atoms with van der Waals surface area (Å²) in [5.74, 6) is 0. The van der Waals surface area contributed by atoms with Crippen LogP contribution < -0.4 is 0 Å². The molecule has 4 nitrogen and oxygen atoms in total. The van der Waals surface area contributed by atoms with E-state index in [1.165, 1.54) is 0 Å². The summed E-state index contributed by atoms with van der Waals surface area (Å²) in [6.07, 6.45) is 0. The molecule has 0 unspecified atom stereocenters. The minimum absolute atomic E-state index is 0. The molecule has 0 rings (SSSR count). The minimum atomic E-state index is -4.67. The summed E-state index contributed by atoms with van der Waals surface area (Å²) in [7, 11) is -4.67. The van der Waals surface area contributed by atoms with Gasteiger partial charge in [0.2, 0.25) is 0 Å². The summed E-state index contributed by atoms with van der Waals surface area (Å²) in [6, 6.07) is 0. The van der Waals surface area contributed by atoms with Crippen molar-refractivity contribution in [2.45, 2.75) is 0 Å². The van der Waals surface area contributed by atoms with E-state index in [0.717, 1.165) is 0 Å². The third kappa shape index (κ3) is 154. The Kier molecular flexibility index (Phi) is 23.9. The van der Waals surface area contributed by atoms with Crippen LogP contribution in [-0.4, -0.2) is 34.9 Å². The molecule has 0 spiro atoms. The van der Waals surface area contributed by atoms with Gasteiger partial charge >= 0.3 is 10.4 Å². The van der Waals surface area contributed by atoms with E-state index in [2.05, 4.69) is 0 Å². The standard InChI is InChI=1S/Al.Co.Ni.H2O4S.3H/c;;;1-5(2,3)4;;;/h;;;(H2,1,2,3,4);;;. The fourth-order valence-electron chi connectivity index (χ4n) is 0. The fourth-order valence-corrected chi connectivity index (χ4v) is 0. The molecule has 0 fully saturated rings. The molecule has 0 amide bonds. The van der Waals surface area contributed by atoms with Crippen molar-refractivity contribution >= 4 is 27.8 Å². The molecule has 0 aromatic heterocycles. The van der Waals surface area contributed by atoms with E-state index >= 15 is 0 Å². The molecule has 57 valence electrons. The van der Waals surface area contributed by atoms with Crippen LogP contribution >= 0.6 is 0 Å². The summed E-state index contributed by atoms with van der Waals surface area (Å²) in [5.41, 5.74) is 0. The molecule has 2 N–H and O–H groups in total. The molecule has 0 aromatic rings. The van der Waals surface area contributed by atoms with Crippen molar-refractivity contribution in [3.63, 3.8) is 0 Å². The number of hydrogen-bond acceptors (Lipinski definition) is 2. The number of rotatable bonds is 0. The van der Waals surface area contributed by atoms with Crippen molar-refractivity contribution in [3.8, 4) is 0 Å². The largest absolute Gasteiger partial charge is 0.394 e. The molecule has 8 heavy (non-hydrogen) atoms. The van der Waals surface area contributed by atoms with Crippen molar-refractivity contribution < 1.29 is 50.8 Å². The summed E-state index contributed by atoms with van der Waals surface area (Å²) in [4.78, 5) is 0. The van der Waals surface area contributed by atoms with Crippen molar-refractivity contribution in [2.24, 2.45) is 0 Å². The van der Waals surface area contributed by atoms with E-state index in [1.54, 1.807) is 0 Å². The van der Waals surface area contributed by atoms with Gasteiger partial charge in [0, 0.05) is 33.3 Å². The maximum absolute atomic E-state index is 8.74. The second kappa shape index (κ2) is 8.40. The molecular formula is H5AlCoNiO4S. The fraction of sp³-hybridized carbons (Fsp3) is 0. The van der Waals surface area contributed by atoms with Crippen LogP contribution in [0, 0.1) is 0 Å². The molecule has 8 heteroatoms. The van der Waals surface area contributed by atoms with Gasteiger partial charge < -0.3 is 0 Å². The number of hydrogen-bond donors (Lipinski definition) is 2. The van der Waals surface area contributed by atoms with Crippen LogP contribution in [0.5, 0.6) is 0 Å². The van der Waals surface area contributed by atoms with E-state index in [-0.39, 0.29) is 50.6 Å². The Morgan fingerprint density at radius 3 is 1.12 bits per heavy atom. The van der Waals surface area contributed by atoms with Gasteiger partial charge in [0.15, 0.2) is 17.4 Å². The van der Waals surface area contributed by atoms with E-state index in [1.807, 2.05) is 0 Å². The molecule has 0 aromatic carbocycles. The van der Waals surface area contributed by atoms with Gasteiger partial charge in [-0.3, -0.25) is 9.11 Å². The first-order valence-corrected chi connectivity index (χ1v) is 2.10. The van der Waals surface area contributed by atoms with Gasteiger partial charge in [0.1, 0.15) is 0 Å². The third-order valence-corrected chi connectivity index (χ3v) is 0. The molecule has 0 aliphatic carbocycles. The molecule has 0 aliphatic rings. The van der Waals surface area contributed by atoms with Crippen LogP contribution in [0.4, 0.5) is 0 Å². The van der Waals surface area contributed by atoms with Gasteiger partial charge in [0.05, 0.1) is 0 Å². The van der Waals surface area contributed by atoms with Gasteiger partial charge in [-0.05, 0) is 0 Å². The van der Waals surface area contributed by atoms with Crippen molar-refractivity contribution in [1.82, 2.24) is 0 Å². The van der Waals surface area contributed by atoms with E-state index in [9.17, 15) is 0 Å². The normalized spacial score (nSPS) is 7.25. The maximum atomic E-state index is 8.74. The van der Waals surface area contributed by atoms with E-state index in [4.69, 9.17) is 17.5 Å². The second-order valence-corrected chi connectivity index (χ2v) is 1.34. The summed E-state index contributed by atoms with van der Waals surface area (Å²) >= 11 is 0. The average Bonchev–Trinajstić information content (AvgIpc) is 0.722. The minimum Gasteiger partial charge on any atom is -0.264 e. The maximum Gasteiger partial charge on any atom is 0.394 e. The molecule has 0 aliphatic heterocycles. The Morgan fingerprint density at radius 1 is 1.12 bits per heavy atom. The van der Waals surface area contributed by atoms with Gasteiger partial charge in [0.25, 0.3) is 0 Å². The zero-order valence-corrected chi connectivity index (χ0v) is 5.61. The first kappa shape index (κ1) is 22.7. The Labute approximate surface area is 78.2 Å². The Morgan fingerprint density at radius 2 is 1.12 bits per heavy atom. The van der Waals surface area contributed by atoms with Crippen LogP contribution in [0.2, 0.25) is 0 Å². The molecule has 0 saturated carbocycles. The monoisotopic (exact) mass is 245 g/mol. The average molecular weight is 246 g/mol. The van der Waals surface area contributed by atoms with Gasteiger partial charge in [-0.25, -0.2) is 0 Å². The van der Waals surface area contributed by atoms with Crippen LogP contribution in [0.25, 0.3) is 0 Å². The molecule has 0 heterocycles. The summed E-state index contributed by atoms with van der Waals surface area (Å²) in [6.45, 7) is 0. The van der Waals surface area contributed by atoms with E-state index < -0.39 is 10.4 Å². The van der Waals surface area contributed by atoms with Crippen LogP contribution in [0.1, 0.15) is 0 Å². The summed E-state index contributed by atoms with van der Waals surface area (Å²) < 4.78 is 31.6. The van der Waals surface area contributed by atoms with Crippen molar-refractivity contribution in [2.75, 3.05) is 0 Å².